The minimum absolute atomic E-state index is 0.0658. The van der Waals surface area contributed by atoms with Crippen LogP contribution in [0.4, 0.5) is 10.7 Å². The summed E-state index contributed by atoms with van der Waals surface area (Å²) < 4.78 is 11.0. The number of hydrogen-bond donors (Lipinski definition) is 2. The van der Waals surface area contributed by atoms with Crippen LogP contribution in [0, 0.1) is 31.6 Å². The quantitative estimate of drug-likeness (QED) is 0.444. The van der Waals surface area contributed by atoms with Crippen molar-refractivity contribution in [2.75, 3.05) is 33.0 Å². The Balaban J connectivity index is 1.04. The predicted octanol–water partition coefficient (Wildman–Crippen LogP) is 3.90. The van der Waals surface area contributed by atoms with E-state index in [0.29, 0.717) is 11.9 Å². The van der Waals surface area contributed by atoms with Gasteiger partial charge in [0.05, 0.1) is 0 Å². The molecule has 10 nitrogen and oxygen atoms in total. The van der Waals surface area contributed by atoms with E-state index in [9.17, 15) is 4.79 Å². The Morgan fingerprint density at radius 1 is 0.950 bits per heavy atom. The Labute approximate surface area is 235 Å². The van der Waals surface area contributed by atoms with Crippen LogP contribution in [0.1, 0.15) is 55.5 Å². The lowest BCUT2D eigenvalue weighted by molar-refractivity contribution is -0.0133. The second kappa shape index (κ2) is 10.2. The van der Waals surface area contributed by atoms with Gasteiger partial charge in [0, 0.05) is 49.7 Å². The monoisotopic (exact) mass is 545 g/mol. The van der Waals surface area contributed by atoms with Crippen molar-refractivity contribution in [1.29, 1.82) is 0 Å². The van der Waals surface area contributed by atoms with Gasteiger partial charge in [-0.1, -0.05) is 6.07 Å². The summed E-state index contributed by atoms with van der Waals surface area (Å²) in [5, 5.41) is 6.57. The third-order valence-corrected chi connectivity index (χ3v) is 9.33. The van der Waals surface area contributed by atoms with E-state index in [-0.39, 0.29) is 18.4 Å². The number of aromatic nitrogens is 2. The maximum absolute atomic E-state index is 13.5. The number of hydrogen-bond acceptors (Lipinski definition) is 7. The molecule has 212 valence electrons. The van der Waals surface area contributed by atoms with Gasteiger partial charge in [-0.3, -0.25) is 10.2 Å². The van der Waals surface area contributed by atoms with Crippen molar-refractivity contribution in [2.45, 2.75) is 64.5 Å². The summed E-state index contributed by atoms with van der Waals surface area (Å²) in [5.74, 6) is 4.82. The number of urea groups is 1. The van der Waals surface area contributed by atoms with E-state index < -0.39 is 0 Å². The molecule has 8 rings (SSSR count). The van der Waals surface area contributed by atoms with Crippen molar-refractivity contribution in [3.05, 3.63) is 41.2 Å². The number of benzene rings is 1. The van der Waals surface area contributed by atoms with Crippen LogP contribution in [-0.2, 0) is 6.54 Å². The highest BCUT2D eigenvalue weighted by atomic mass is 16.7. The molecule has 2 aliphatic heterocycles. The van der Waals surface area contributed by atoms with Gasteiger partial charge in [0.2, 0.25) is 12.8 Å². The van der Waals surface area contributed by atoms with Crippen molar-refractivity contribution < 1.29 is 14.3 Å². The number of piperazine rings is 1. The molecule has 4 bridgehead atoms. The first-order valence-electron chi connectivity index (χ1n) is 14.7. The van der Waals surface area contributed by atoms with E-state index in [0.717, 1.165) is 92.6 Å². The lowest BCUT2D eigenvalue weighted by Crippen LogP contribution is -2.63. The number of fused-ring (bicyclic) bond motifs is 1. The molecule has 1 saturated heterocycles. The predicted molar refractivity (Wildman–Crippen MR) is 151 cm³/mol. The third kappa shape index (κ3) is 5.33. The number of carbonyl (C=O) groups is 1. The van der Waals surface area contributed by atoms with Gasteiger partial charge in [0.1, 0.15) is 0 Å². The van der Waals surface area contributed by atoms with Gasteiger partial charge in [-0.2, -0.15) is 4.99 Å². The number of rotatable bonds is 4. The Hall–Kier alpha value is -3.40. The molecule has 4 aliphatic carbocycles. The topological polar surface area (TPSA) is 104 Å². The molecule has 1 aromatic heterocycles. The summed E-state index contributed by atoms with van der Waals surface area (Å²) in [6.07, 6.45) is 7.36. The van der Waals surface area contributed by atoms with Crippen molar-refractivity contribution in [1.82, 2.24) is 30.4 Å². The minimum atomic E-state index is -0.159. The summed E-state index contributed by atoms with van der Waals surface area (Å²) >= 11 is 0. The standard InChI is InChI=1S/C30H39N7O3/c1-19-9-20(2)32-27(31-19)33-28(34-29(38)35-30-14-22-10-23(15-30)12-24(11-22)16-30)37-7-5-36(6-8-37)17-21-3-4-25-26(13-21)40-18-39-25/h3-4,9,13,22-24H,5-8,10-12,14-18H2,1-2H3,(H2,31,32,33,34,35,38). The largest absolute Gasteiger partial charge is 0.454 e. The average Bonchev–Trinajstić information content (AvgIpc) is 3.35. The second-order valence-corrected chi connectivity index (χ2v) is 12.6. The average molecular weight is 546 g/mol. The summed E-state index contributed by atoms with van der Waals surface area (Å²) in [7, 11) is 0. The van der Waals surface area contributed by atoms with E-state index in [1.54, 1.807) is 0 Å². The lowest BCUT2D eigenvalue weighted by Gasteiger charge is -2.56. The number of ether oxygens (including phenoxy) is 2. The Morgan fingerprint density at radius 2 is 1.60 bits per heavy atom. The zero-order valence-electron chi connectivity index (χ0n) is 23.5. The molecule has 10 heteroatoms. The number of amides is 2. The molecule has 2 aromatic rings. The molecule has 2 amide bonds. The molecule has 6 aliphatic rings. The SMILES string of the molecule is Cc1cc(C)nc(/N=C(/NC(=O)NC23CC4CC(CC(C4)C2)C3)N2CCN(Cc3ccc4c(c3)OCO4)CC2)n1. The van der Waals surface area contributed by atoms with Crippen LogP contribution in [0.25, 0.3) is 0 Å². The van der Waals surface area contributed by atoms with Crippen molar-refractivity contribution in [3.63, 3.8) is 0 Å². The smallest absolute Gasteiger partial charge is 0.321 e. The van der Waals surface area contributed by atoms with Gasteiger partial charge in [-0.15, -0.1) is 0 Å². The van der Waals surface area contributed by atoms with Gasteiger partial charge in [-0.25, -0.2) is 14.8 Å². The Morgan fingerprint density at radius 3 is 2.27 bits per heavy atom. The van der Waals surface area contributed by atoms with E-state index in [2.05, 4.69) is 42.5 Å². The number of guanidine groups is 1. The van der Waals surface area contributed by atoms with E-state index in [1.165, 1.54) is 24.8 Å². The van der Waals surface area contributed by atoms with E-state index >= 15 is 0 Å². The maximum atomic E-state index is 13.5. The third-order valence-electron chi connectivity index (χ3n) is 9.33. The molecule has 0 spiro atoms. The van der Waals surface area contributed by atoms with Crippen LogP contribution in [-0.4, -0.2) is 70.3 Å². The zero-order valence-corrected chi connectivity index (χ0v) is 23.5. The van der Waals surface area contributed by atoms with Gasteiger partial charge >= 0.3 is 6.03 Å². The Bertz CT molecular complexity index is 1260. The highest BCUT2D eigenvalue weighted by Gasteiger charge is 2.51. The first-order chi connectivity index (χ1) is 19.4. The fraction of sp³-hybridized carbons (Fsp3) is 0.600. The molecule has 3 heterocycles. The van der Waals surface area contributed by atoms with Crippen molar-refractivity contribution in [2.24, 2.45) is 22.7 Å². The molecule has 4 saturated carbocycles. The van der Waals surface area contributed by atoms with Gasteiger partial charge < -0.3 is 19.7 Å². The number of aliphatic imine (C=N–C) groups is 1. The molecule has 5 fully saturated rings. The minimum Gasteiger partial charge on any atom is -0.454 e. The number of carbonyl (C=O) groups excluding carboxylic acids is 1. The molecule has 0 radical (unpaired) electrons. The Kier molecular flexibility index (Phi) is 6.53. The molecule has 40 heavy (non-hydrogen) atoms. The number of aryl methyl sites for hydroxylation is 2. The van der Waals surface area contributed by atoms with Crippen molar-refractivity contribution in [3.8, 4) is 11.5 Å². The molecular formula is C30H39N7O3. The van der Waals surface area contributed by atoms with E-state index in [4.69, 9.17) is 14.5 Å². The van der Waals surface area contributed by atoms with E-state index in [1.807, 2.05) is 26.0 Å². The van der Waals surface area contributed by atoms with Crippen LogP contribution in [0.2, 0.25) is 0 Å². The fourth-order valence-corrected chi connectivity index (χ4v) is 8.08. The second-order valence-electron chi connectivity index (χ2n) is 12.6. The zero-order chi connectivity index (χ0) is 27.3. The van der Waals surface area contributed by atoms with Gasteiger partial charge in [0.25, 0.3) is 5.95 Å². The highest BCUT2D eigenvalue weighted by molar-refractivity contribution is 5.97. The van der Waals surface area contributed by atoms with Gasteiger partial charge in [-0.05, 0) is 93.9 Å². The summed E-state index contributed by atoms with van der Waals surface area (Å²) in [6.45, 7) is 8.17. The lowest BCUT2D eigenvalue weighted by atomic mass is 9.53. The van der Waals surface area contributed by atoms with Crippen molar-refractivity contribution >= 4 is 17.9 Å². The molecule has 0 atom stereocenters. The normalized spacial score (nSPS) is 29.1. The highest BCUT2D eigenvalue weighted by Crippen LogP contribution is 2.55. The van der Waals surface area contributed by atoms with Crippen LogP contribution in [0.3, 0.4) is 0 Å². The maximum Gasteiger partial charge on any atom is 0.321 e. The van der Waals surface area contributed by atoms with Gasteiger partial charge in [0.15, 0.2) is 11.5 Å². The molecule has 1 aromatic carbocycles. The summed E-state index contributed by atoms with van der Waals surface area (Å²) in [4.78, 5) is 31.9. The summed E-state index contributed by atoms with van der Waals surface area (Å²) in [6, 6.07) is 7.92. The van der Waals surface area contributed by atoms with Crippen LogP contribution in [0.5, 0.6) is 11.5 Å². The fourth-order valence-electron chi connectivity index (χ4n) is 8.08. The summed E-state index contributed by atoms with van der Waals surface area (Å²) in [5.41, 5.74) is 2.85. The van der Waals surface area contributed by atoms with Crippen LogP contribution in [0.15, 0.2) is 29.3 Å². The first kappa shape index (κ1) is 25.6. The first-order valence-corrected chi connectivity index (χ1v) is 14.7. The number of nitrogens with one attached hydrogen (secondary N) is 2. The molecule has 2 N–H and O–H groups in total. The van der Waals surface area contributed by atoms with Crippen LogP contribution < -0.4 is 20.1 Å². The molecule has 0 unspecified atom stereocenters. The number of nitrogens with zero attached hydrogens (tertiary/aromatic N) is 5. The van der Waals surface area contributed by atoms with Crippen LogP contribution >= 0.6 is 0 Å². The molecular weight excluding hydrogens is 506 g/mol.